The van der Waals surface area contributed by atoms with E-state index in [2.05, 4.69) is 29.0 Å². The Hall–Kier alpha value is -2.40. The summed E-state index contributed by atoms with van der Waals surface area (Å²) in [6, 6.07) is 15.0. The van der Waals surface area contributed by atoms with Gasteiger partial charge in [0.2, 0.25) is 0 Å². The molecular weight excluding hydrogens is 288 g/mol. The summed E-state index contributed by atoms with van der Waals surface area (Å²) in [6.45, 7) is 6.86. The van der Waals surface area contributed by atoms with Crippen molar-refractivity contribution in [3.8, 4) is 0 Å². The molecule has 122 valence electrons. The zero-order valence-corrected chi connectivity index (χ0v) is 13.7. The number of nitrogen functional groups attached to an aromatic ring is 1. The van der Waals surface area contributed by atoms with Gasteiger partial charge in [-0.3, -0.25) is 4.79 Å². The summed E-state index contributed by atoms with van der Waals surface area (Å²) in [5.74, 6) is 0.135. The molecule has 0 aliphatic heterocycles. The van der Waals surface area contributed by atoms with Gasteiger partial charge in [0.1, 0.15) is 11.5 Å². The van der Waals surface area contributed by atoms with E-state index in [0.29, 0.717) is 11.5 Å². The Morgan fingerprint density at radius 2 is 1.83 bits per heavy atom. The molecule has 0 spiro atoms. The summed E-state index contributed by atoms with van der Waals surface area (Å²) in [4.78, 5) is 18.9. The Bertz CT molecular complexity index is 626. The molecule has 0 saturated heterocycles. The van der Waals surface area contributed by atoms with Gasteiger partial charge < -0.3 is 16.0 Å². The average molecular weight is 312 g/mol. The molecular formula is C18H24N4O. The third-order valence-electron chi connectivity index (χ3n) is 3.85. The van der Waals surface area contributed by atoms with Crippen molar-refractivity contribution in [1.29, 1.82) is 0 Å². The maximum Gasteiger partial charge on any atom is 0.270 e. The predicted molar refractivity (Wildman–Crippen MR) is 93.1 cm³/mol. The number of rotatable bonds is 7. The summed E-state index contributed by atoms with van der Waals surface area (Å²) in [5, 5.41) is 3.08. The lowest BCUT2D eigenvalue weighted by atomic mass is 10.1. The molecule has 0 radical (unpaired) electrons. The molecule has 1 atom stereocenters. The number of aromatic nitrogens is 1. The second-order valence-corrected chi connectivity index (χ2v) is 5.37. The summed E-state index contributed by atoms with van der Waals surface area (Å²) in [6.07, 6.45) is 0. The van der Waals surface area contributed by atoms with E-state index < -0.39 is 0 Å². The fourth-order valence-electron chi connectivity index (χ4n) is 2.47. The first-order chi connectivity index (χ1) is 11.1. The van der Waals surface area contributed by atoms with E-state index in [1.807, 2.05) is 30.3 Å². The smallest absolute Gasteiger partial charge is 0.270 e. The number of hydrogen-bond acceptors (Lipinski definition) is 4. The van der Waals surface area contributed by atoms with E-state index in [-0.39, 0.29) is 11.9 Å². The largest absolute Gasteiger partial charge is 0.384 e. The molecule has 0 saturated carbocycles. The van der Waals surface area contributed by atoms with Crippen LogP contribution in [-0.2, 0) is 0 Å². The average Bonchev–Trinajstić information content (AvgIpc) is 2.59. The number of carbonyl (C=O) groups is 1. The van der Waals surface area contributed by atoms with Crippen LogP contribution in [0.1, 0.15) is 35.9 Å². The minimum Gasteiger partial charge on any atom is -0.384 e. The first-order valence-electron chi connectivity index (χ1n) is 7.94. The highest BCUT2D eigenvalue weighted by Crippen LogP contribution is 2.15. The Kier molecular flexibility index (Phi) is 6.11. The van der Waals surface area contributed by atoms with Gasteiger partial charge in [0.05, 0.1) is 6.04 Å². The normalized spacial score (nSPS) is 12.1. The number of benzene rings is 1. The maximum absolute atomic E-state index is 12.5. The molecule has 2 rings (SSSR count). The molecule has 1 aromatic heterocycles. The van der Waals surface area contributed by atoms with Crippen molar-refractivity contribution in [2.75, 3.05) is 25.4 Å². The summed E-state index contributed by atoms with van der Waals surface area (Å²) < 4.78 is 0. The summed E-state index contributed by atoms with van der Waals surface area (Å²) in [7, 11) is 0. The van der Waals surface area contributed by atoms with Gasteiger partial charge >= 0.3 is 0 Å². The van der Waals surface area contributed by atoms with Crippen molar-refractivity contribution in [1.82, 2.24) is 15.2 Å². The van der Waals surface area contributed by atoms with Crippen LogP contribution in [-0.4, -0.2) is 35.4 Å². The van der Waals surface area contributed by atoms with Crippen LogP contribution in [0.5, 0.6) is 0 Å². The molecule has 1 aromatic carbocycles. The molecule has 5 nitrogen and oxygen atoms in total. The van der Waals surface area contributed by atoms with E-state index in [0.717, 1.165) is 25.2 Å². The van der Waals surface area contributed by atoms with Crippen molar-refractivity contribution < 1.29 is 4.79 Å². The molecule has 1 amide bonds. The first kappa shape index (κ1) is 17.0. The van der Waals surface area contributed by atoms with Gasteiger partial charge in [0.25, 0.3) is 5.91 Å². The number of nitrogens with one attached hydrogen (secondary N) is 1. The minimum atomic E-state index is -0.210. The van der Waals surface area contributed by atoms with Crippen LogP contribution in [0.15, 0.2) is 48.5 Å². The number of likely N-dealkylation sites (N-methyl/N-ethyl adjacent to an activating group) is 1. The Morgan fingerprint density at radius 1 is 1.13 bits per heavy atom. The van der Waals surface area contributed by atoms with E-state index in [9.17, 15) is 4.79 Å². The van der Waals surface area contributed by atoms with Crippen LogP contribution < -0.4 is 11.1 Å². The van der Waals surface area contributed by atoms with Gasteiger partial charge in [0, 0.05) is 6.54 Å². The minimum absolute atomic E-state index is 0.0909. The summed E-state index contributed by atoms with van der Waals surface area (Å²) >= 11 is 0. The lowest BCUT2D eigenvalue weighted by Crippen LogP contribution is -2.38. The fourth-order valence-corrected chi connectivity index (χ4v) is 2.47. The van der Waals surface area contributed by atoms with E-state index >= 15 is 0 Å². The number of nitrogens with zero attached hydrogens (tertiary/aromatic N) is 2. The highest BCUT2D eigenvalue weighted by Gasteiger charge is 2.18. The molecule has 0 fully saturated rings. The Labute approximate surface area is 137 Å². The molecule has 1 heterocycles. The van der Waals surface area contributed by atoms with Crippen LogP contribution >= 0.6 is 0 Å². The van der Waals surface area contributed by atoms with Crippen molar-refractivity contribution in [2.24, 2.45) is 0 Å². The van der Waals surface area contributed by atoms with Gasteiger partial charge in [0.15, 0.2) is 0 Å². The van der Waals surface area contributed by atoms with Crippen LogP contribution in [0.25, 0.3) is 0 Å². The lowest BCUT2D eigenvalue weighted by Gasteiger charge is -2.26. The van der Waals surface area contributed by atoms with Gasteiger partial charge in [-0.2, -0.15) is 0 Å². The third kappa shape index (κ3) is 4.79. The van der Waals surface area contributed by atoms with Crippen LogP contribution in [0, 0.1) is 0 Å². The highest BCUT2D eigenvalue weighted by molar-refractivity contribution is 5.92. The monoisotopic (exact) mass is 312 g/mol. The number of nitrogens with two attached hydrogens (primary N) is 1. The van der Waals surface area contributed by atoms with Gasteiger partial charge in [-0.1, -0.05) is 50.2 Å². The van der Waals surface area contributed by atoms with Crippen molar-refractivity contribution in [3.63, 3.8) is 0 Å². The second kappa shape index (κ2) is 8.29. The number of amides is 1. The third-order valence-corrected chi connectivity index (χ3v) is 3.85. The van der Waals surface area contributed by atoms with Crippen LogP contribution in [0.4, 0.5) is 5.82 Å². The number of carbonyl (C=O) groups excluding carboxylic acids is 1. The first-order valence-corrected chi connectivity index (χ1v) is 7.94. The van der Waals surface area contributed by atoms with Crippen LogP contribution in [0.2, 0.25) is 0 Å². The SMILES string of the molecule is CCN(CC)CC(NC(=O)c1cccc(N)n1)c1ccccc1. The van der Waals surface area contributed by atoms with E-state index in [1.165, 1.54) is 0 Å². The molecule has 23 heavy (non-hydrogen) atoms. The Morgan fingerprint density at radius 3 is 2.43 bits per heavy atom. The zero-order valence-electron chi connectivity index (χ0n) is 13.7. The van der Waals surface area contributed by atoms with E-state index in [1.54, 1.807) is 18.2 Å². The molecule has 0 aliphatic rings. The number of anilines is 1. The predicted octanol–water partition coefficient (Wildman–Crippen LogP) is 2.48. The van der Waals surface area contributed by atoms with Gasteiger partial charge in [-0.05, 0) is 30.8 Å². The maximum atomic E-state index is 12.5. The van der Waals surface area contributed by atoms with Crippen LogP contribution in [0.3, 0.4) is 0 Å². The molecule has 3 N–H and O–H groups in total. The van der Waals surface area contributed by atoms with Gasteiger partial charge in [-0.25, -0.2) is 4.98 Å². The lowest BCUT2D eigenvalue weighted by molar-refractivity contribution is 0.0920. The molecule has 0 aliphatic carbocycles. The topological polar surface area (TPSA) is 71.2 Å². The molecule has 0 bridgehead atoms. The molecule has 2 aromatic rings. The quantitative estimate of drug-likeness (QED) is 0.824. The molecule has 5 heteroatoms. The zero-order chi connectivity index (χ0) is 16.7. The fraction of sp³-hybridized carbons (Fsp3) is 0.333. The van der Waals surface area contributed by atoms with Crippen molar-refractivity contribution in [3.05, 3.63) is 59.8 Å². The van der Waals surface area contributed by atoms with Crippen molar-refractivity contribution in [2.45, 2.75) is 19.9 Å². The summed E-state index contributed by atoms with van der Waals surface area (Å²) in [5.41, 5.74) is 7.08. The second-order valence-electron chi connectivity index (χ2n) is 5.37. The van der Waals surface area contributed by atoms with Crippen molar-refractivity contribution >= 4 is 11.7 Å². The Balaban J connectivity index is 2.18. The molecule has 1 unspecified atom stereocenters. The van der Waals surface area contributed by atoms with Gasteiger partial charge in [-0.15, -0.1) is 0 Å². The van der Waals surface area contributed by atoms with E-state index in [4.69, 9.17) is 5.73 Å². The number of hydrogen-bond donors (Lipinski definition) is 2. The standard InChI is InChI=1S/C18H24N4O/c1-3-22(4-2)13-16(14-9-6-5-7-10-14)21-18(23)15-11-8-12-17(19)20-15/h5-12,16H,3-4,13H2,1-2H3,(H2,19,20)(H,21,23). The number of pyridine rings is 1. The highest BCUT2D eigenvalue weighted by atomic mass is 16.1.